The molecular formula is C68H90N26O29. The van der Waals surface area contributed by atoms with Gasteiger partial charge >= 0.3 is 0 Å². The first-order valence-corrected chi connectivity index (χ1v) is 37.1. The first-order chi connectivity index (χ1) is 58.0. The Hall–Kier alpha value is -11.3. The summed E-state index contributed by atoms with van der Waals surface area (Å²) in [6, 6.07) is 0. The average molecular weight is 1740 g/mol. The fraction of sp³-hybridized carbons (Fsp3) is 0.529. The molecule has 0 spiro atoms. The average Bonchev–Trinajstić information content (AvgIpc) is 1.63. The van der Waals surface area contributed by atoms with Crippen molar-refractivity contribution in [2.75, 3.05) is 74.0 Å². The molecule has 0 aromatic carbocycles. The Bertz CT molecular complexity index is 5420. The van der Waals surface area contributed by atoms with Crippen LogP contribution in [0.15, 0.2) is 54.8 Å². The summed E-state index contributed by atoms with van der Waals surface area (Å²) in [5.74, 6) is 0.296. The molecule has 0 aliphatic carbocycles. The Kier molecular flexibility index (Phi) is 24.5. The van der Waals surface area contributed by atoms with Crippen LogP contribution in [0.1, 0.15) is 112 Å². The van der Waals surface area contributed by atoms with E-state index in [1.807, 2.05) is 0 Å². The van der Waals surface area contributed by atoms with Crippen molar-refractivity contribution in [1.29, 1.82) is 0 Å². The van der Waals surface area contributed by atoms with Crippen molar-refractivity contribution in [2.45, 2.75) is 185 Å². The molecule has 55 nitrogen and oxygen atoms in total. The molecule has 6 saturated heterocycles. The fourth-order valence-electron chi connectivity index (χ4n) is 15.2. The van der Waals surface area contributed by atoms with Crippen LogP contribution >= 0.6 is 0 Å². The zero-order chi connectivity index (χ0) is 89.6. The van der Waals surface area contributed by atoms with Gasteiger partial charge in [-0.25, -0.2) is 44.9 Å². The zero-order valence-electron chi connectivity index (χ0n) is 65.3. The van der Waals surface area contributed by atoms with Crippen LogP contribution in [0.4, 0.5) is 35.3 Å². The van der Waals surface area contributed by atoms with Gasteiger partial charge in [0.05, 0.1) is 56.5 Å². The molecule has 55 heteroatoms. The number of H-pyrrole nitrogens is 7. The predicted molar refractivity (Wildman–Crippen MR) is 413 cm³/mol. The van der Waals surface area contributed by atoms with Gasteiger partial charge in [0.1, 0.15) is 212 Å². The summed E-state index contributed by atoms with van der Waals surface area (Å²) < 4.78 is 42.8. The number of nitrogens with zero attached hydrogens (tertiary/aromatic N) is 13. The Balaban J connectivity index is 0.000000127. The number of ether oxygens (including phenoxy) is 6. The van der Waals surface area contributed by atoms with Crippen molar-refractivity contribution in [2.24, 2.45) is 0 Å². The normalized spacial score (nSPS) is 33.4. The number of nitrogens with one attached hydrogen (secondary N) is 7. The summed E-state index contributed by atoms with van der Waals surface area (Å²) in [6.45, 7) is 5.76. The number of nitrogen functional groups attached to an aromatic ring is 6. The van der Waals surface area contributed by atoms with E-state index in [-0.39, 0.29) is 97.7 Å². The zero-order valence-corrected chi connectivity index (χ0v) is 65.3. The monoisotopic (exact) mass is 1730 g/mol. The van der Waals surface area contributed by atoms with Crippen molar-refractivity contribution in [1.82, 2.24) is 100 Å². The molecule has 0 amide bonds. The lowest BCUT2D eigenvalue weighted by molar-refractivity contribution is -0.0663. The van der Waals surface area contributed by atoms with Crippen LogP contribution in [0.25, 0.3) is 66.3 Å². The minimum absolute atomic E-state index is 0.0144. The Morgan fingerprint density at radius 3 is 1.15 bits per heavy atom. The van der Waals surface area contributed by atoms with Gasteiger partial charge in [-0.05, 0) is 41.5 Å². The van der Waals surface area contributed by atoms with Crippen LogP contribution in [-0.4, -0.2) is 339 Å². The lowest BCUT2D eigenvalue weighted by Crippen LogP contribution is -2.43. The van der Waals surface area contributed by atoms with Crippen molar-refractivity contribution < 1.29 is 129 Å². The van der Waals surface area contributed by atoms with E-state index in [1.165, 1.54) is 66.7 Å². The summed E-state index contributed by atoms with van der Waals surface area (Å²) in [4.78, 5) is 83.4. The van der Waals surface area contributed by atoms with E-state index in [9.17, 15) is 96.1 Å². The Morgan fingerprint density at radius 1 is 0.350 bits per heavy atom. The number of hydrogen-bond acceptors (Lipinski definition) is 48. The molecule has 37 N–H and O–H groups in total. The molecular weight excluding hydrogens is 1640 g/mol. The third-order valence-electron chi connectivity index (χ3n) is 22.1. The van der Waals surface area contributed by atoms with Gasteiger partial charge in [-0.3, -0.25) is 39.5 Å². The van der Waals surface area contributed by atoms with E-state index in [0.29, 0.717) is 44.4 Å². The summed E-state index contributed by atoms with van der Waals surface area (Å²) in [5, 5.41) is 198. The van der Waals surface area contributed by atoms with Gasteiger partial charge in [-0.1, -0.05) is 10.3 Å². The second-order valence-corrected chi connectivity index (χ2v) is 30.7. The lowest BCUT2D eigenvalue weighted by Gasteiger charge is -2.26. The quantitative estimate of drug-likeness (QED) is 0.0540. The van der Waals surface area contributed by atoms with Crippen molar-refractivity contribution >= 4 is 102 Å². The SMILES string of the molecule is C[C@@]1(O)[C@H](O)[C@@H](CO)O[C@H]1c1[nH]nc2c(=O)[nH]c(N)nc12.C[C@@]1(O)[C@H](O)[C@@H](CO)O[C@H]1c1[nH]nc2c(N)ncnc12.C[C@@]1(O)[C@H](O)[C@@H](CO)O[C@H]1c1c[nH]c2c(=O)[nH]c(N)nc12.C[C@@]1(O)[C@H](O)[C@@H](CO)O[C@H]1c1c[nH]c2c(N)ncnc12.C[C@@]1(O)[C@H](O)[C@@H](CO)O[C@H]1c1noc2c(=O)[nH]c(N)nc12.C[C@@]1(O)[C@H](O)[C@@H](CO)O[C@H]1c1noc2c(N)ncnc12. The molecule has 6 fully saturated rings. The maximum absolute atomic E-state index is 11.8. The van der Waals surface area contributed by atoms with Crippen molar-refractivity contribution in [3.63, 3.8) is 0 Å². The van der Waals surface area contributed by atoms with Crippen molar-refractivity contribution in [3.05, 3.63) is 96.3 Å². The van der Waals surface area contributed by atoms with Gasteiger partial charge in [-0.2, -0.15) is 10.2 Å². The third kappa shape index (κ3) is 15.7. The van der Waals surface area contributed by atoms with Gasteiger partial charge in [0.25, 0.3) is 22.3 Å². The molecule has 0 bridgehead atoms. The third-order valence-corrected chi connectivity index (χ3v) is 22.1. The molecule has 0 saturated carbocycles. The molecule has 123 heavy (non-hydrogen) atoms. The largest absolute Gasteiger partial charge is 0.394 e. The van der Waals surface area contributed by atoms with Gasteiger partial charge in [0, 0.05) is 23.5 Å². The van der Waals surface area contributed by atoms with E-state index in [4.69, 9.17) is 82.1 Å². The van der Waals surface area contributed by atoms with Crippen LogP contribution < -0.4 is 51.1 Å². The van der Waals surface area contributed by atoms with Gasteiger partial charge in [-0.15, -0.1) is 0 Å². The molecule has 0 radical (unpaired) electrons. The lowest BCUT2D eigenvalue weighted by atomic mass is 9.89. The standard InChI is InChI=1S/C12H16N4O5.C12H16N4O4.C11H15N5O5.C11H15N5O4.C11H14N4O6.C11H14N4O5/c1-12(20)8(18)5(3-17)21-9(12)4-2-14-7-6(4)15-11(13)16-10(7)19;1-12(19)9(18)6(3-17)20-10(12)5-2-14-8-7(5)15-4-16-11(8)13;1-11(20)7(18)3(2-17)21-8(11)5-4-6(16-15-5)9(19)14-10(12)13-4;1-11(19)8(18)4(2-17)20-9(11)6-5-7(16-15-6)10(12)14-3-13-5;1-11(19)7(17)3(2-16)20-8(11)5-4-6(21-15-5)9(18)14-10(12)13-4;1-11(18)8(17)4(2-16)19-9(11)6-5-7(20-15-6)10(12)14-3-13-5/h2,5,8-9,14,17-18,20H,3H2,1H3,(H3,13,15,16,19);2,4,6,9-10,14,17-19H,3H2,1H3,(H2,13,15,16);3,7-8,17-18,20H,2H2,1H3,(H,15,16)(H3,12,13,14,19);3-4,8-9,17-19H,2H2,1H3,(H,15,16)(H2,12,13,14);3,7-8,16-17,19H,2H2,1H3,(H3,12,13,14,18);3-4,8-9,16-18H,2H2,1H3,(H2,12,13,14)/t5-,8-,9+,12-;6-,9-,10+,12-;3-,7-,8+,11-;4-,8-,9+,11-;3-,7-,8+,11-;4-,8-,9+,11-/m111111/s1. The minimum Gasteiger partial charge on any atom is -0.394 e. The highest BCUT2D eigenvalue weighted by atomic mass is 16.6. The van der Waals surface area contributed by atoms with Crippen LogP contribution in [-0.2, 0) is 28.4 Å². The molecule has 666 valence electrons. The molecule has 0 unspecified atom stereocenters. The second kappa shape index (κ2) is 33.7. The minimum atomic E-state index is -1.74. The highest BCUT2D eigenvalue weighted by Gasteiger charge is 2.59. The molecule has 24 atom stereocenters. The van der Waals surface area contributed by atoms with Gasteiger partial charge in [0.15, 0.2) is 28.5 Å². The van der Waals surface area contributed by atoms with Crippen LogP contribution in [0, 0.1) is 0 Å². The number of fused-ring (bicyclic) bond motifs is 6. The van der Waals surface area contributed by atoms with Gasteiger partial charge in [0.2, 0.25) is 23.4 Å². The highest BCUT2D eigenvalue weighted by Crippen LogP contribution is 2.49. The summed E-state index contributed by atoms with van der Waals surface area (Å²) in [7, 11) is 0. The number of aliphatic hydroxyl groups is 18. The summed E-state index contributed by atoms with van der Waals surface area (Å²) in [5.41, 5.74) is 26.7. The molecule has 6 aliphatic heterocycles. The number of hydrogen-bond donors (Lipinski definition) is 31. The molecule has 6 aliphatic rings. The first kappa shape index (κ1) is 89.4. The van der Waals surface area contributed by atoms with Crippen LogP contribution in [0.5, 0.6) is 0 Å². The molecule has 18 heterocycles. The first-order valence-electron chi connectivity index (χ1n) is 37.1. The summed E-state index contributed by atoms with van der Waals surface area (Å²) >= 11 is 0. The number of aromatic amines is 7. The van der Waals surface area contributed by atoms with Crippen molar-refractivity contribution in [3.8, 4) is 0 Å². The summed E-state index contributed by atoms with van der Waals surface area (Å²) in [6.07, 6.45) is -12.0. The van der Waals surface area contributed by atoms with E-state index < -0.39 is 193 Å². The van der Waals surface area contributed by atoms with Gasteiger partial charge < -0.3 is 174 Å². The Labute approximate surface area is 684 Å². The molecule has 18 rings (SSSR count). The number of aromatic nitrogens is 20. The predicted octanol–water partition coefficient (Wildman–Crippen LogP) is -9.51. The number of aliphatic hydroxyl groups excluding tert-OH is 12. The smallest absolute Gasteiger partial charge is 0.298 e. The molecule has 12 aromatic rings. The van der Waals surface area contributed by atoms with E-state index >= 15 is 0 Å². The van der Waals surface area contributed by atoms with E-state index in [1.54, 1.807) is 6.20 Å². The van der Waals surface area contributed by atoms with E-state index in [0.717, 1.165) is 0 Å². The number of rotatable bonds is 12. The van der Waals surface area contributed by atoms with E-state index in [2.05, 4.69) is 100 Å². The highest BCUT2D eigenvalue weighted by molar-refractivity contribution is 5.88. The number of nitrogens with two attached hydrogens (primary N) is 6. The maximum Gasteiger partial charge on any atom is 0.298 e. The van der Waals surface area contributed by atoms with Crippen LogP contribution in [0.3, 0.4) is 0 Å². The topological polar surface area (TPSA) is 931 Å². The fourth-order valence-corrected chi connectivity index (χ4v) is 15.2. The van der Waals surface area contributed by atoms with Crippen LogP contribution in [0.2, 0.25) is 0 Å². The maximum atomic E-state index is 11.8. The second-order valence-electron chi connectivity index (χ2n) is 30.7. The Morgan fingerprint density at radius 2 is 0.683 bits per heavy atom. The number of anilines is 6. The molecule has 12 aromatic heterocycles.